The summed E-state index contributed by atoms with van der Waals surface area (Å²) in [5.41, 5.74) is 1.09. The zero-order valence-corrected chi connectivity index (χ0v) is 13.3. The van der Waals surface area contributed by atoms with Crippen LogP contribution < -0.4 is 10.9 Å². The minimum absolute atomic E-state index is 0.137. The van der Waals surface area contributed by atoms with Gasteiger partial charge in [-0.2, -0.15) is 0 Å². The van der Waals surface area contributed by atoms with Gasteiger partial charge >= 0.3 is 0 Å². The average molecular weight is 317 g/mol. The number of likely N-dealkylation sites (N-methyl/N-ethyl adjacent to an activating group) is 1. The molecule has 1 heterocycles. The lowest BCUT2D eigenvalue weighted by atomic mass is 10.2. The highest BCUT2D eigenvalue weighted by Gasteiger charge is 2.08. The lowest BCUT2D eigenvalue weighted by Gasteiger charge is -2.12. The molecule has 1 aromatic heterocycles. The van der Waals surface area contributed by atoms with Crippen molar-refractivity contribution in [2.75, 3.05) is 20.6 Å². The van der Waals surface area contributed by atoms with Crippen molar-refractivity contribution in [3.63, 3.8) is 0 Å². The molecule has 0 saturated heterocycles. The van der Waals surface area contributed by atoms with E-state index in [1.54, 1.807) is 18.3 Å². The van der Waals surface area contributed by atoms with Gasteiger partial charge in [-0.3, -0.25) is 9.59 Å². The van der Waals surface area contributed by atoms with E-state index in [0.29, 0.717) is 25.2 Å². The second-order valence-electron chi connectivity index (χ2n) is 5.56. The smallest absolute Gasteiger partial charge is 0.253 e. The first-order chi connectivity index (χ1) is 11.0. The van der Waals surface area contributed by atoms with Crippen molar-refractivity contribution in [1.82, 2.24) is 14.8 Å². The molecule has 0 aliphatic rings. The Morgan fingerprint density at radius 3 is 2.52 bits per heavy atom. The summed E-state index contributed by atoms with van der Waals surface area (Å²) in [5, 5.41) is 2.76. The molecule has 1 aromatic carbocycles. The van der Waals surface area contributed by atoms with Crippen molar-refractivity contribution in [3.05, 3.63) is 69.9 Å². The van der Waals surface area contributed by atoms with Crippen LogP contribution in [0, 0.1) is 5.82 Å². The molecule has 1 amide bonds. The Kier molecular flexibility index (Phi) is 5.65. The lowest BCUT2D eigenvalue weighted by Crippen LogP contribution is -2.29. The van der Waals surface area contributed by atoms with Gasteiger partial charge in [0.25, 0.3) is 11.5 Å². The van der Waals surface area contributed by atoms with Crippen LogP contribution in [0.5, 0.6) is 0 Å². The molecule has 122 valence electrons. The van der Waals surface area contributed by atoms with E-state index >= 15 is 0 Å². The number of nitrogens with zero attached hydrogens (tertiary/aromatic N) is 2. The summed E-state index contributed by atoms with van der Waals surface area (Å²) < 4.78 is 14.4. The number of benzene rings is 1. The van der Waals surface area contributed by atoms with Gasteiger partial charge in [0, 0.05) is 31.9 Å². The Hall–Kier alpha value is -2.47. The molecule has 0 unspecified atom stereocenters. The predicted octanol–water partition coefficient (Wildman–Crippen LogP) is 1.48. The second kappa shape index (κ2) is 7.69. The summed E-state index contributed by atoms with van der Waals surface area (Å²) in [5.74, 6) is -0.582. The summed E-state index contributed by atoms with van der Waals surface area (Å²) >= 11 is 0. The summed E-state index contributed by atoms with van der Waals surface area (Å²) in [4.78, 5) is 25.9. The van der Waals surface area contributed by atoms with Crippen molar-refractivity contribution in [3.8, 4) is 0 Å². The van der Waals surface area contributed by atoms with E-state index in [-0.39, 0.29) is 17.3 Å². The van der Waals surface area contributed by atoms with E-state index in [0.717, 1.165) is 5.56 Å². The molecular weight excluding hydrogens is 297 g/mol. The monoisotopic (exact) mass is 317 g/mol. The zero-order valence-electron chi connectivity index (χ0n) is 13.3. The van der Waals surface area contributed by atoms with Gasteiger partial charge in [-0.25, -0.2) is 4.39 Å². The Balaban J connectivity index is 2.02. The summed E-state index contributed by atoms with van der Waals surface area (Å²) in [7, 11) is 3.84. The number of nitrogens with one attached hydrogen (secondary N) is 1. The first kappa shape index (κ1) is 16.9. The third-order valence-corrected chi connectivity index (χ3v) is 3.40. The summed E-state index contributed by atoms with van der Waals surface area (Å²) in [6.07, 6.45) is 1.56. The number of carbonyl (C=O) groups excluding carboxylic acids is 1. The van der Waals surface area contributed by atoms with Gasteiger partial charge < -0.3 is 14.8 Å². The molecule has 23 heavy (non-hydrogen) atoms. The number of carbonyl (C=O) groups is 1. The molecule has 0 bridgehead atoms. The van der Waals surface area contributed by atoms with Gasteiger partial charge in [-0.05, 0) is 37.9 Å². The van der Waals surface area contributed by atoms with Gasteiger partial charge in [0.05, 0.1) is 5.56 Å². The number of amides is 1. The van der Waals surface area contributed by atoms with Crippen LogP contribution >= 0.6 is 0 Å². The summed E-state index contributed by atoms with van der Waals surface area (Å²) in [6, 6.07) is 8.84. The molecule has 0 radical (unpaired) electrons. The molecule has 0 saturated carbocycles. The van der Waals surface area contributed by atoms with Crippen LogP contribution in [0.25, 0.3) is 0 Å². The fourth-order valence-electron chi connectivity index (χ4n) is 2.03. The molecule has 0 fully saturated rings. The Bertz CT molecular complexity index is 723. The Morgan fingerprint density at radius 2 is 1.87 bits per heavy atom. The van der Waals surface area contributed by atoms with Crippen molar-refractivity contribution in [1.29, 1.82) is 0 Å². The summed E-state index contributed by atoms with van der Waals surface area (Å²) in [6.45, 7) is 1.53. The molecule has 0 aliphatic heterocycles. The third kappa shape index (κ3) is 5.03. The largest absolute Gasteiger partial charge is 0.348 e. The van der Waals surface area contributed by atoms with Gasteiger partial charge in [-0.1, -0.05) is 12.1 Å². The molecule has 2 rings (SSSR count). The molecule has 1 N–H and O–H groups in total. The van der Waals surface area contributed by atoms with Crippen molar-refractivity contribution in [2.45, 2.75) is 13.1 Å². The Labute approximate surface area is 134 Å². The topological polar surface area (TPSA) is 54.3 Å². The minimum atomic E-state index is -0.312. The van der Waals surface area contributed by atoms with Crippen LogP contribution in [-0.4, -0.2) is 36.0 Å². The van der Waals surface area contributed by atoms with Gasteiger partial charge in [0.2, 0.25) is 0 Å². The predicted molar refractivity (Wildman–Crippen MR) is 86.8 cm³/mol. The number of rotatable bonds is 6. The van der Waals surface area contributed by atoms with Crippen molar-refractivity contribution >= 4 is 5.91 Å². The highest BCUT2D eigenvalue weighted by atomic mass is 19.1. The quantitative estimate of drug-likeness (QED) is 0.878. The Morgan fingerprint density at radius 1 is 1.17 bits per heavy atom. The maximum Gasteiger partial charge on any atom is 0.253 e. The molecular formula is C17H20FN3O2. The van der Waals surface area contributed by atoms with Crippen LogP contribution in [0.4, 0.5) is 4.39 Å². The van der Waals surface area contributed by atoms with Crippen LogP contribution in [0.15, 0.2) is 47.4 Å². The molecule has 0 spiro atoms. The van der Waals surface area contributed by atoms with Crippen molar-refractivity contribution < 1.29 is 9.18 Å². The first-order valence-corrected chi connectivity index (χ1v) is 7.33. The van der Waals surface area contributed by atoms with Crippen LogP contribution in [0.1, 0.15) is 15.9 Å². The normalized spacial score (nSPS) is 10.8. The van der Waals surface area contributed by atoms with Crippen LogP contribution in [-0.2, 0) is 13.1 Å². The van der Waals surface area contributed by atoms with E-state index in [9.17, 15) is 14.0 Å². The zero-order chi connectivity index (χ0) is 16.8. The first-order valence-electron chi connectivity index (χ1n) is 7.33. The highest BCUT2D eigenvalue weighted by Crippen LogP contribution is 2.03. The number of hydrogen-bond donors (Lipinski definition) is 1. The highest BCUT2D eigenvalue weighted by molar-refractivity contribution is 5.93. The van der Waals surface area contributed by atoms with Crippen molar-refractivity contribution in [2.24, 2.45) is 0 Å². The average Bonchev–Trinajstić information content (AvgIpc) is 2.53. The van der Waals surface area contributed by atoms with Gasteiger partial charge in [0.1, 0.15) is 5.82 Å². The lowest BCUT2D eigenvalue weighted by molar-refractivity contribution is 0.0950. The van der Waals surface area contributed by atoms with E-state index in [2.05, 4.69) is 5.32 Å². The molecule has 2 aromatic rings. The maximum atomic E-state index is 12.8. The molecule has 0 atom stereocenters. The molecule has 6 heteroatoms. The fourth-order valence-corrected chi connectivity index (χ4v) is 2.03. The fraction of sp³-hybridized carbons (Fsp3) is 0.294. The van der Waals surface area contributed by atoms with E-state index < -0.39 is 0 Å². The number of aromatic nitrogens is 1. The minimum Gasteiger partial charge on any atom is -0.348 e. The number of pyridine rings is 1. The molecule has 0 aliphatic carbocycles. The maximum absolute atomic E-state index is 12.8. The van der Waals surface area contributed by atoms with Crippen LogP contribution in [0.3, 0.4) is 0 Å². The SMILES string of the molecule is CN(C)CCn1cc(C(=O)NCc2ccc(F)cc2)ccc1=O. The van der Waals surface area contributed by atoms with E-state index in [4.69, 9.17) is 0 Å². The van der Waals surface area contributed by atoms with Gasteiger partial charge in [-0.15, -0.1) is 0 Å². The molecule has 5 nitrogen and oxygen atoms in total. The number of hydrogen-bond acceptors (Lipinski definition) is 3. The van der Waals surface area contributed by atoms with Crippen LogP contribution in [0.2, 0.25) is 0 Å². The van der Waals surface area contributed by atoms with Gasteiger partial charge in [0.15, 0.2) is 0 Å². The second-order valence-corrected chi connectivity index (χ2v) is 5.56. The van der Waals surface area contributed by atoms with E-state index in [1.165, 1.54) is 28.8 Å². The number of halogens is 1. The standard InChI is InChI=1S/C17H20FN3O2/c1-20(2)9-10-21-12-14(5-8-16(21)22)17(23)19-11-13-3-6-15(18)7-4-13/h3-8,12H,9-11H2,1-2H3,(H,19,23). The van der Waals surface area contributed by atoms with E-state index in [1.807, 2.05) is 19.0 Å². The third-order valence-electron chi connectivity index (χ3n) is 3.40.